The van der Waals surface area contributed by atoms with Crippen LogP contribution in [0.1, 0.15) is 53.7 Å². The van der Waals surface area contributed by atoms with Crippen LogP contribution in [0.25, 0.3) is 11.1 Å². The topological polar surface area (TPSA) is 46.5 Å². The Morgan fingerprint density at radius 2 is 1.79 bits per heavy atom. The van der Waals surface area contributed by atoms with Crippen molar-refractivity contribution in [2.75, 3.05) is 7.11 Å². The molecule has 3 heteroatoms. The van der Waals surface area contributed by atoms with Crippen molar-refractivity contribution in [2.24, 2.45) is 0 Å². The van der Waals surface area contributed by atoms with E-state index in [4.69, 9.17) is 4.74 Å². The van der Waals surface area contributed by atoms with E-state index in [1.165, 1.54) is 5.56 Å². The molecule has 0 aliphatic heterocycles. The van der Waals surface area contributed by atoms with Gasteiger partial charge in [0, 0.05) is 12.7 Å². The molecule has 0 heterocycles. The summed E-state index contributed by atoms with van der Waals surface area (Å²) in [6.45, 7) is 4.22. The molecule has 2 aromatic carbocycles. The number of unbranched alkanes of at least 4 members (excludes halogenated alkanes) is 1. The minimum atomic E-state index is -0.0134. The van der Waals surface area contributed by atoms with Gasteiger partial charge in [0.2, 0.25) is 0 Å². The number of carbonyl (C=O) groups is 1. The van der Waals surface area contributed by atoms with Gasteiger partial charge in [-0.1, -0.05) is 49.7 Å². The number of hydrogen-bond acceptors (Lipinski definition) is 3. The van der Waals surface area contributed by atoms with Crippen molar-refractivity contribution >= 4 is 5.78 Å². The van der Waals surface area contributed by atoms with Gasteiger partial charge in [-0.25, -0.2) is 0 Å². The van der Waals surface area contributed by atoms with Crippen LogP contribution in [-0.2, 0) is 24.4 Å². The lowest BCUT2D eigenvalue weighted by molar-refractivity contribution is 0.101. The van der Waals surface area contributed by atoms with Gasteiger partial charge in [0.15, 0.2) is 5.78 Å². The summed E-state index contributed by atoms with van der Waals surface area (Å²) in [6.07, 6.45) is 3.27. The van der Waals surface area contributed by atoms with Crippen molar-refractivity contribution < 1.29 is 14.6 Å². The van der Waals surface area contributed by atoms with Gasteiger partial charge < -0.3 is 9.84 Å². The molecule has 0 bridgehead atoms. The molecule has 0 radical (unpaired) electrons. The zero-order valence-corrected chi connectivity index (χ0v) is 14.8. The van der Waals surface area contributed by atoms with E-state index in [0.29, 0.717) is 12.2 Å². The van der Waals surface area contributed by atoms with Crippen LogP contribution in [0.3, 0.4) is 0 Å². The number of hydrogen-bond donors (Lipinski definition) is 1. The minimum Gasteiger partial charge on any atom is -0.392 e. The number of aryl methyl sites for hydroxylation is 1. The molecule has 0 aliphatic rings. The number of rotatable bonds is 8. The predicted octanol–water partition coefficient (Wildman–Crippen LogP) is 4.54. The molecule has 0 aromatic heterocycles. The predicted molar refractivity (Wildman–Crippen MR) is 97.1 cm³/mol. The fraction of sp³-hybridized carbons (Fsp3) is 0.381. The van der Waals surface area contributed by atoms with E-state index < -0.39 is 0 Å². The molecule has 2 rings (SSSR count). The third-order valence-electron chi connectivity index (χ3n) is 4.23. The normalized spacial score (nSPS) is 10.8. The third-order valence-corrected chi connectivity index (χ3v) is 4.23. The first-order chi connectivity index (χ1) is 11.6. The average Bonchev–Trinajstić information content (AvgIpc) is 2.59. The molecule has 0 saturated heterocycles. The lowest BCUT2D eigenvalue weighted by atomic mass is 9.90. The zero-order chi connectivity index (χ0) is 17.5. The van der Waals surface area contributed by atoms with Crippen LogP contribution >= 0.6 is 0 Å². The van der Waals surface area contributed by atoms with Crippen molar-refractivity contribution in [1.29, 1.82) is 0 Å². The molecular formula is C21H26O3. The summed E-state index contributed by atoms with van der Waals surface area (Å²) in [5.41, 5.74) is 5.92. The van der Waals surface area contributed by atoms with Crippen LogP contribution in [0.5, 0.6) is 0 Å². The molecule has 24 heavy (non-hydrogen) atoms. The van der Waals surface area contributed by atoms with Gasteiger partial charge in [0.05, 0.1) is 13.2 Å². The standard InChI is InChI=1S/C21H26O3/c1-4-5-6-16-11-19(13-22)21(20(12-16)14-24-3)18-9-7-17(8-10-18)15(2)23/h7-12,22H,4-6,13-14H2,1-3H3. The van der Waals surface area contributed by atoms with E-state index in [-0.39, 0.29) is 12.4 Å². The summed E-state index contributed by atoms with van der Waals surface area (Å²) >= 11 is 0. The second-order valence-corrected chi connectivity index (χ2v) is 6.12. The highest BCUT2D eigenvalue weighted by atomic mass is 16.5. The highest BCUT2D eigenvalue weighted by Crippen LogP contribution is 2.31. The molecule has 0 saturated carbocycles. The van der Waals surface area contributed by atoms with Crippen LogP contribution in [0.2, 0.25) is 0 Å². The number of aliphatic hydroxyl groups excluding tert-OH is 1. The van der Waals surface area contributed by atoms with Crippen molar-refractivity contribution in [3.8, 4) is 11.1 Å². The van der Waals surface area contributed by atoms with Crippen molar-refractivity contribution in [3.05, 3.63) is 58.7 Å². The Morgan fingerprint density at radius 1 is 1.12 bits per heavy atom. The van der Waals surface area contributed by atoms with E-state index in [0.717, 1.165) is 41.5 Å². The Balaban J connectivity index is 2.51. The largest absolute Gasteiger partial charge is 0.392 e. The van der Waals surface area contributed by atoms with Crippen molar-refractivity contribution in [3.63, 3.8) is 0 Å². The summed E-state index contributed by atoms with van der Waals surface area (Å²) in [4.78, 5) is 11.5. The summed E-state index contributed by atoms with van der Waals surface area (Å²) in [5.74, 6) is 0.0518. The Bertz CT molecular complexity index is 687. The van der Waals surface area contributed by atoms with Crippen LogP contribution in [0.15, 0.2) is 36.4 Å². The lowest BCUT2D eigenvalue weighted by Gasteiger charge is -2.17. The monoisotopic (exact) mass is 326 g/mol. The molecule has 128 valence electrons. The molecule has 0 amide bonds. The lowest BCUT2D eigenvalue weighted by Crippen LogP contribution is -2.01. The minimum absolute atomic E-state index is 0.0134. The number of ether oxygens (including phenoxy) is 1. The van der Waals surface area contributed by atoms with Gasteiger partial charge in [-0.2, -0.15) is 0 Å². The zero-order valence-electron chi connectivity index (χ0n) is 14.8. The van der Waals surface area contributed by atoms with Crippen LogP contribution < -0.4 is 0 Å². The first kappa shape index (κ1) is 18.4. The Morgan fingerprint density at radius 3 is 2.33 bits per heavy atom. The van der Waals surface area contributed by atoms with E-state index >= 15 is 0 Å². The van der Waals surface area contributed by atoms with E-state index in [1.807, 2.05) is 24.3 Å². The molecule has 0 spiro atoms. The molecule has 0 unspecified atom stereocenters. The van der Waals surface area contributed by atoms with Crippen LogP contribution in [0, 0.1) is 0 Å². The number of ketones is 1. The first-order valence-corrected chi connectivity index (χ1v) is 8.46. The molecule has 0 atom stereocenters. The number of benzene rings is 2. The van der Waals surface area contributed by atoms with Gasteiger partial charge in [-0.05, 0) is 47.6 Å². The third kappa shape index (κ3) is 4.31. The van der Waals surface area contributed by atoms with E-state index in [9.17, 15) is 9.90 Å². The maximum Gasteiger partial charge on any atom is 0.159 e. The maximum atomic E-state index is 11.5. The maximum absolute atomic E-state index is 11.5. The Labute approximate surface area is 144 Å². The number of carbonyl (C=O) groups excluding carboxylic acids is 1. The second kappa shape index (κ2) is 8.76. The van der Waals surface area contributed by atoms with Crippen LogP contribution in [-0.4, -0.2) is 18.0 Å². The molecule has 3 nitrogen and oxygen atoms in total. The fourth-order valence-electron chi connectivity index (χ4n) is 3.00. The van der Waals surface area contributed by atoms with Gasteiger partial charge in [-0.3, -0.25) is 4.79 Å². The average molecular weight is 326 g/mol. The number of methoxy groups -OCH3 is 1. The quantitative estimate of drug-likeness (QED) is 0.725. The highest BCUT2D eigenvalue weighted by molar-refractivity contribution is 5.94. The SMILES string of the molecule is CCCCc1cc(CO)c(-c2ccc(C(C)=O)cc2)c(COC)c1. The fourth-order valence-corrected chi connectivity index (χ4v) is 3.00. The summed E-state index contributed by atoms with van der Waals surface area (Å²) in [7, 11) is 1.68. The molecular weight excluding hydrogens is 300 g/mol. The summed E-state index contributed by atoms with van der Waals surface area (Å²) < 4.78 is 5.38. The molecule has 0 aliphatic carbocycles. The smallest absolute Gasteiger partial charge is 0.159 e. The molecule has 2 aromatic rings. The van der Waals surface area contributed by atoms with Crippen molar-refractivity contribution in [1.82, 2.24) is 0 Å². The van der Waals surface area contributed by atoms with Gasteiger partial charge in [0.25, 0.3) is 0 Å². The Kier molecular flexibility index (Phi) is 6.71. The van der Waals surface area contributed by atoms with Gasteiger partial charge in [0.1, 0.15) is 0 Å². The first-order valence-electron chi connectivity index (χ1n) is 8.46. The Hall–Kier alpha value is -1.97. The van der Waals surface area contributed by atoms with E-state index in [2.05, 4.69) is 19.1 Å². The van der Waals surface area contributed by atoms with Gasteiger partial charge >= 0.3 is 0 Å². The number of Topliss-reactive ketones (excluding diaryl/α,β-unsaturated/α-hetero) is 1. The van der Waals surface area contributed by atoms with Crippen molar-refractivity contribution in [2.45, 2.75) is 46.3 Å². The second-order valence-electron chi connectivity index (χ2n) is 6.12. The summed E-state index contributed by atoms with van der Waals surface area (Å²) in [6, 6.07) is 11.8. The highest BCUT2D eigenvalue weighted by Gasteiger charge is 2.13. The molecule has 1 N–H and O–H groups in total. The van der Waals surface area contributed by atoms with Gasteiger partial charge in [-0.15, -0.1) is 0 Å². The van der Waals surface area contributed by atoms with E-state index in [1.54, 1.807) is 14.0 Å². The molecule has 0 fully saturated rings. The summed E-state index contributed by atoms with van der Waals surface area (Å²) in [5, 5.41) is 9.87. The number of aliphatic hydroxyl groups is 1. The van der Waals surface area contributed by atoms with Crippen LogP contribution in [0.4, 0.5) is 0 Å².